The summed E-state index contributed by atoms with van der Waals surface area (Å²) < 4.78 is 0. The molecule has 0 fully saturated rings. The second-order valence-electron chi connectivity index (χ2n) is 17.7. The highest BCUT2D eigenvalue weighted by molar-refractivity contribution is 5.85. The van der Waals surface area contributed by atoms with Gasteiger partial charge in [0.1, 0.15) is 0 Å². The summed E-state index contributed by atoms with van der Waals surface area (Å²) in [5.74, 6) is 0. The fourth-order valence-electron chi connectivity index (χ4n) is 9.09. The van der Waals surface area contributed by atoms with Gasteiger partial charge in [-0.05, 0) is 185 Å². The van der Waals surface area contributed by atoms with E-state index in [0.717, 1.165) is 50.9 Å². The Morgan fingerprint density at radius 3 is 0.800 bits per heavy atom. The first-order chi connectivity index (χ1) is 31.5. The molecule has 0 aliphatic carbocycles. The van der Waals surface area contributed by atoms with Crippen molar-refractivity contribution in [3.63, 3.8) is 0 Å². The SMILES string of the molecule is Cc1ccc(N(c2cccc(-c3ccc(N(c4ccc(-c5cccc(N(c6ccc(C)cc6)c6ccc(C)cc6C)c5)cc4)c4ccc(C)cc4C)cc3)c2)c2ccc(C)cc2C)cc1. The maximum atomic E-state index is 2.38. The summed E-state index contributed by atoms with van der Waals surface area (Å²) in [6, 6.07) is 73.6. The average molecular weight is 844 g/mol. The predicted octanol–water partition coefficient (Wildman–Crippen LogP) is 17.9. The zero-order chi connectivity index (χ0) is 45.2. The summed E-state index contributed by atoms with van der Waals surface area (Å²) in [5, 5.41) is 0. The Kier molecular flexibility index (Phi) is 12.0. The van der Waals surface area contributed by atoms with Gasteiger partial charge in [0.05, 0.1) is 0 Å². The standard InChI is InChI=1S/C62H57N3/c1-42-15-26-54(27-16-42)64(61-35-20-45(4)38-48(61)7)58-13-9-11-52(40-58)50-22-30-56(31-23-50)63(60-34-19-44(3)37-47(60)6)57-32-24-51(25-33-57)53-12-10-14-59(41-53)65(55-28-17-43(2)18-29-55)62-36-21-46(5)39-49(62)8/h9-41H,1-8H3. The number of hydrogen-bond acceptors (Lipinski definition) is 3. The minimum Gasteiger partial charge on any atom is -0.310 e. The van der Waals surface area contributed by atoms with Gasteiger partial charge in [0.15, 0.2) is 0 Å². The maximum Gasteiger partial charge on any atom is 0.0490 e. The lowest BCUT2D eigenvalue weighted by atomic mass is 10.0. The van der Waals surface area contributed by atoms with Crippen LogP contribution in [0, 0.1) is 55.4 Å². The van der Waals surface area contributed by atoms with Gasteiger partial charge in [0, 0.05) is 51.2 Å². The lowest BCUT2D eigenvalue weighted by molar-refractivity contribution is 1.23. The van der Waals surface area contributed by atoms with Gasteiger partial charge in [-0.3, -0.25) is 0 Å². The van der Waals surface area contributed by atoms with Crippen molar-refractivity contribution in [1.29, 1.82) is 0 Å². The largest absolute Gasteiger partial charge is 0.310 e. The number of aryl methyl sites for hydroxylation is 8. The van der Waals surface area contributed by atoms with Crippen LogP contribution in [0.25, 0.3) is 22.3 Å². The molecule has 0 spiro atoms. The average Bonchev–Trinajstić information content (AvgIpc) is 3.31. The molecule has 65 heavy (non-hydrogen) atoms. The zero-order valence-corrected chi connectivity index (χ0v) is 38.9. The number of anilines is 9. The van der Waals surface area contributed by atoms with Crippen LogP contribution in [0.2, 0.25) is 0 Å². The van der Waals surface area contributed by atoms with E-state index in [2.05, 4.69) is 270 Å². The van der Waals surface area contributed by atoms with Crippen LogP contribution in [0.1, 0.15) is 44.5 Å². The first-order valence-electron chi connectivity index (χ1n) is 22.7. The predicted molar refractivity (Wildman–Crippen MR) is 279 cm³/mol. The van der Waals surface area contributed by atoms with Crippen LogP contribution < -0.4 is 14.7 Å². The van der Waals surface area contributed by atoms with Gasteiger partial charge in [-0.2, -0.15) is 0 Å². The molecule has 9 aromatic rings. The third-order valence-corrected chi connectivity index (χ3v) is 12.5. The second-order valence-corrected chi connectivity index (χ2v) is 17.7. The van der Waals surface area contributed by atoms with Crippen molar-refractivity contribution >= 4 is 51.2 Å². The molecule has 0 aromatic heterocycles. The Morgan fingerprint density at radius 2 is 0.492 bits per heavy atom. The van der Waals surface area contributed by atoms with Gasteiger partial charge in [-0.25, -0.2) is 0 Å². The van der Waals surface area contributed by atoms with Crippen molar-refractivity contribution in [2.45, 2.75) is 55.4 Å². The fraction of sp³-hybridized carbons (Fsp3) is 0.129. The van der Waals surface area contributed by atoms with E-state index >= 15 is 0 Å². The van der Waals surface area contributed by atoms with Gasteiger partial charge in [-0.15, -0.1) is 0 Å². The highest BCUT2D eigenvalue weighted by Gasteiger charge is 2.19. The first-order valence-corrected chi connectivity index (χ1v) is 22.7. The molecule has 0 unspecified atom stereocenters. The molecule has 0 aliphatic heterocycles. The molecule has 3 heteroatoms. The molecule has 0 aliphatic rings. The first kappa shape index (κ1) is 42.7. The third-order valence-electron chi connectivity index (χ3n) is 12.5. The van der Waals surface area contributed by atoms with E-state index < -0.39 is 0 Å². The van der Waals surface area contributed by atoms with Crippen molar-refractivity contribution in [3.8, 4) is 22.3 Å². The maximum absolute atomic E-state index is 2.38. The van der Waals surface area contributed by atoms with Crippen LogP contribution >= 0.6 is 0 Å². The Balaban J connectivity index is 1.06. The van der Waals surface area contributed by atoms with Crippen molar-refractivity contribution in [3.05, 3.63) is 245 Å². The fourth-order valence-corrected chi connectivity index (χ4v) is 9.09. The van der Waals surface area contributed by atoms with Crippen LogP contribution in [0.4, 0.5) is 51.2 Å². The van der Waals surface area contributed by atoms with Gasteiger partial charge >= 0.3 is 0 Å². The summed E-state index contributed by atoms with van der Waals surface area (Å²) >= 11 is 0. The Bertz CT molecular complexity index is 2920. The zero-order valence-electron chi connectivity index (χ0n) is 38.9. The van der Waals surface area contributed by atoms with E-state index in [0.29, 0.717) is 0 Å². The molecule has 320 valence electrons. The molecule has 0 heterocycles. The summed E-state index contributed by atoms with van der Waals surface area (Å²) in [5.41, 5.74) is 24.9. The molecule has 0 atom stereocenters. The molecule has 0 bridgehead atoms. The Hall–Kier alpha value is -7.62. The van der Waals surface area contributed by atoms with Crippen molar-refractivity contribution in [1.82, 2.24) is 0 Å². The lowest BCUT2D eigenvalue weighted by Gasteiger charge is -2.28. The van der Waals surface area contributed by atoms with Crippen molar-refractivity contribution < 1.29 is 0 Å². The molecule has 9 aromatic carbocycles. The second kappa shape index (κ2) is 18.2. The lowest BCUT2D eigenvalue weighted by Crippen LogP contribution is -2.12. The van der Waals surface area contributed by atoms with Crippen LogP contribution in [-0.4, -0.2) is 0 Å². The topological polar surface area (TPSA) is 9.72 Å². The van der Waals surface area contributed by atoms with E-state index in [4.69, 9.17) is 0 Å². The number of rotatable bonds is 11. The van der Waals surface area contributed by atoms with Crippen LogP contribution in [0.3, 0.4) is 0 Å². The summed E-state index contributed by atoms with van der Waals surface area (Å²) in [6.45, 7) is 17.4. The molecule has 9 rings (SSSR count). The molecule has 3 nitrogen and oxygen atoms in total. The molecule has 0 saturated carbocycles. The third kappa shape index (κ3) is 9.10. The van der Waals surface area contributed by atoms with E-state index in [1.165, 1.54) is 67.0 Å². The monoisotopic (exact) mass is 843 g/mol. The van der Waals surface area contributed by atoms with Gasteiger partial charge < -0.3 is 14.7 Å². The molecular formula is C62H57N3. The normalized spacial score (nSPS) is 11.1. The minimum atomic E-state index is 1.10. The van der Waals surface area contributed by atoms with Crippen LogP contribution in [0.15, 0.2) is 200 Å². The van der Waals surface area contributed by atoms with Crippen molar-refractivity contribution in [2.75, 3.05) is 14.7 Å². The molecule has 0 saturated heterocycles. The van der Waals surface area contributed by atoms with Crippen LogP contribution in [-0.2, 0) is 0 Å². The summed E-state index contributed by atoms with van der Waals surface area (Å²) in [7, 11) is 0. The van der Waals surface area contributed by atoms with E-state index in [9.17, 15) is 0 Å². The van der Waals surface area contributed by atoms with Gasteiger partial charge in [0.2, 0.25) is 0 Å². The van der Waals surface area contributed by atoms with Crippen LogP contribution in [0.5, 0.6) is 0 Å². The van der Waals surface area contributed by atoms with E-state index in [-0.39, 0.29) is 0 Å². The smallest absolute Gasteiger partial charge is 0.0490 e. The van der Waals surface area contributed by atoms with E-state index in [1.54, 1.807) is 0 Å². The molecule has 0 N–H and O–H groups in total. The summed E-state index contributed by atoms with van der Waals surface area (Å²) in [6.07, 6.45) is 0. The number of benzene rings is 9. The number of hydrogen-bond donors (Lipinski definition) is 0. The minimum absolute atomic E-state index is 1.10. The van der Waals surface area contributed by atoms with Gasteiger partial charge in [-0.1, -0.05) is 137 Å². The quantitative estimate of drug-likeness (QED) is 0.128. The molecular weight excluding hydrogens is 787 g/mol. The van der Waals surface area contributed by atoms with Gasteiger partial charge in [0.25, 0.3) is 0 Å². The molecule has 0 radical (unpaired) electrons. The highest BCUT2D eigenvalue weighted by atomic mass is 15.2. The van der Waals surface area contributed by atoms with E-state index in [1.807, 2.05) is 0 Å². The molecule has 0 amide bonds. The van der Waals surface area contributed by atoms with Crippen molar-refractivity contribution in [2.24, 2.45) is 0 Å². The Labute approximate surface area is 386 Å². The highest BCUT2D eigenvalue weighted by Crippen LogP contribution is 2.43. The Morgan fingerprint density at radius 1 is 0.215 bits per heavy atom. The summed E-state index contributed by atoms with van der Waals surface area (Å²) in [4.78, 5) is 7.13. The number of nitrogens with zero attached hydrogens (tertiary/aromatic N) is 3.